The maximum absolute atomic E-state index is 11.6. The average Bonchev–Trinajstić information content (AvgIpc) is 2.60. The van der Waals surface area contributed by atoms with Crippen LogP contribution in [0.5, 0.6) is 0 Å². The number of hydrogen-bond acceptors (Lipinski definition) is 2. The van der Waals surface area contributed by atoms with Gasteiger partial charge < -0.3 is 11.5 Å². The summed E-state index contributed by atoms with van der Waals surface area (Å²) in [5.41, 5.74) is 14.6. The first kappa shape index (κ1) is 10.5. The predicted molar refractivity (Wildman–Crippen MR) is 67.9 cm³/mol. The van der Waals surface area contributed by atoms with Crippen molar-refractivity contribution in [3.63, 3.8) is 0 Å². The van der Waals surface area contributed by atoms with Gasteiger partial charge in [0.1, 0.15) is 0 Å². The summed E-state index contributed by atoms with van der Waals surface area (Å²) in [6.45, 7) is 0. The summed E-state index contributed by atoms with van der Waals surface area (Å²) in [7, 11) is 0. The molecule has 0 fully saturated rings. The van der Waals surface area contributed by atoms with Crippen LogP contribution in [-0.2, 0) is 0 Å². The number of carbonyl (C=O) groups is 2. The highest BCUT2D eigenvalue weighted by Crippen LogP contribution is 2.42. The van der Waals surface area contributed by atoms with E-state index in [9.17, 15) is 9.59 Å². The largest absolute Gasteiger partial charge is 0.366 e. The fraction of sp³-hybridized carbons (Fsp3) is 0. The van der Waals surface area contributed by atoms with Gasteiger partial charge in [0.25, 0.3) is 0 Å². The molecule has 2 aromatic rings. The number of primary amides is 2. The molecule has 0 aliphatic heterocycles. The molecule has 0 saturated heterocycles. The molecule has 0 spiro atoms. The van der Waals surface area contributed by atoms with Gasteiger partial charge in [0.05, 0.1) is 11.1 Å². The van der Waals surface area contributed by atoms with E-state index < -0.39 is 11.8 Å². The van der Waals surface area contributed by atoms with Gasteiger partial charge in [0, 0.05) is 5.56 Å². The molecule has 0 heterocycles. The van der Waals surface area contributed by atoms with Crippen LogP contribution in [-0.4, -0.2) is 11.8 Å². The molecule has 4 heteroatoms. The number of amides is 2. The monoisotopic (exact) mass is 238 g/mol. The third kappa shape index (κ3) is 1.26. The number of fused-ring (bicyclic) bond motifs is 5. The molecule has 0 aromatic heterocycles. The van der Waals surface area contributed by atoms with Crippen molar-refractivity contribution in [1.82, 2.24) is 0 Å². The molecule has 0 saturated carbocycles. The minimum Gasteiger partial charge on any atom is -0.366 e. The van der Waals surface area contributed by atoms with Gasteiger partial charge in [-0.2, -0.15) is 0 Å². The quantitative estimate of drug-likeness (QED) is 0.709. The molecule has 4 nitrogen and oxygen atoms in total. The van der Waals surface area contributed by atoms with Crippen molar-refractivity contribution in [1.29, 1.82) is 0 Å². The van der Waals surface area contributed by atoms with Crippen molar-refractivity contribution in [2.45, 2.75) is 0 Å². The zero-order chi connectivity index (χ0) is 12.9. The average molecular weight is 238 g/mol. The van der Waals surface area contributed by atoms with E-state index in [0.29, 0.717) is 5.56 Å². The van der Waals surface area contributed by atoms with E-state index >= 15 is 0 Å². The smallest absolute Gasteiger partial charge is 0.250 e. The summed E-state index contributed by atoms with van der Waals surface area (Å²) in [6, 6.07) is 11.0. The molecular formula is C14H10N2O2. The van der Waals surface area contributed by atoms with Crippen molar-refractivity contribution in [3.05, 3.63) is 47.5 Å². The lowest BCUT2D eigenvalue weighted by molar-refractivity contribution is 0.0968. The van der Waals surface area contributed by atoms with E-state index in [1.165, 1.54) is 0 Å². The van der Waals surface area contributed by atoms with Crippen LogP contribution in [0.3, 0.4) is 0 Å². The maximum Gasteiger partial charge on any atom is 0.250 e. The lowest BCUT2D eigenvalue weighted by Crippen LogP contribution is -2.21. The zero-order valence-corrected chi connectivity index (χ0v) is 9.44. The second kappa shape index (κ2) is 3.43. The van der Waals surface area contributed by atoms with Crippen LogP contribution in [0.4, 0.5) is 0 Å². The lowest BCUT2D eigenvalue weighted by Gasteiger charge is -2.10. The van der Waals surface area contributed by atoms with Crippen LogP contribution in [0.1, 0.15) is 20.7 Å². The molecule has 2 bridgehead atoms. The third-order valence-electron chi connectivity index (χ3n) is 3.18. The minimum atomic E-state index is -0.647. The second-order valence-corrected chi connectivity index (χ2v) is 4.22. The van der Waals surface area contributed by atoms with Gasteiger partial charge >= 0.3 is 0 Å². The van der Waals surface area contributed by atoms with Crippen LogP contribution < -0.4 is 11.5 Å². The Balaban J connectivity index is 2.42. The maximum atomic E-state index is 11.6. The first-order chi connectivity index (χ1) is 8.59. The SMILES string of the molecule is NC(=O)c1ccc2c(c1C(N)=O)-c1cccc-2c1. The second-order valence-electron chi connectivity index (χ2n) is 4.22. The minimum absolute atomic E-state index is 0.170. The molecule has 4 N–H and O–H groups in total. The molecule has 0 atom stereocenters. The Bertz CT molecular complexity index is 705. The van der Waals surface area contributed by atoms with Gasteiger partial charge in [-0.05, 0) is 28.8 Å². The van der Waals surface area contributed by atoms with E-state index in [4.69, 9.17) is 11.5 Å². The van der Waals surface area contributed by atoms with Crippen molar-refractivity contribution < 1.29 is 9.59 Å². The topological polar surface area (TPSA) is 86.2 Å². The van der Waals surface area contributed by atoms with Gasteiger partial charge in [0.15, 0.2) is 0 Å². The van der Waals surface area contributed by atoms with Crippen LogP contribution in [0.15, 0.2) is 36.4 Å². The fourth-order valence-corrected chi connectivity index (χ4v) is 2.45. The van der Waals surface area contributed by atoms with Crippen molar-refractivity contribution in [3.8, 4) is 22.3 Å². The van der Waals surface area contributed by atoms with Crippen molar-refractivity contribution in [2.24, 2.45) is 11.5 Å². The standard InChI is InChI=1S/C14H10N2O2/c15-13(17)10-5-4-9-7-2-1-3-8(6-7)11(9)12(10)14(16)18/h1-6H,(H2,15,17)(H2,16,18). The summed E-state index contributed by atoms with van der Waals surface area (Å²) in [5.74, 6) is -1.28. The molecule has 18 heavy (non-hydrogen) atoms. The summed E-state index contributed by atoms with van der Waals surface area (Å²) in [5, 5.41) is 0. The third-order valence-corrected chi connectivity index (χ3v) is 3.18. The van der Waals surface area contributed by atoms with E-state index in [2.05, 4.69) is 0 Å². The molecule has 1 aliphatic rings. The Morgan fingerprint density at radius 3 is 2.28 bits per heavy atom. The molecule has 3 rings (SSSR count). The fourth-order valence-electron chi connectivity index (χ4n) is 2.45. The Labute approximate surface area is 103 Å². The van der Waals surface area contributed by atoms with Crippen molar-refractivity contribution >= 4 is 11.8 Å². The van der Waals surface area contributed by atoms with Gasteiger partial charge in [-0.1, -0.05) is 24.3 Å². The molecule has 2 aromatic carbocycles. The van der Waals surface area contributed by atoms with Gasteiger partial charge in [-0.15, -0.1) is 0 Å². The number of nitrogens with two attached hydrogens (primary N) is 2. The van der Waals surface area contributed by atoms with Gasteiger partial charge in [-0.25, -0.2) is 0 Å². The summed E-state index contributed by atoms with van der Waals surface area (Å²) in [6.07, 6.45) is 0. The highest BCUT2D eigenvalue weighted by Gasteiger charge is 2.25. The van der Waals surface area contributed by atoms with Crippen LogP contribution in [0.2, 0.25) is 0 Å². The predicted octanol–water partition coefficient (Wildman–Crippen LogP) is 1.53. The number of carbonyl (C=O) groups excluding carboxylic acids is 2. The highest BCUT2D eigenvalue weighted by atomic mass is 16.2. The van der Waals surface area contributed by atoms with E-state index in [1.807, 2.05) is 24.3 Å². The Kier molecular flexibility index (Phi) is 2.01. The normalized spacial score (nSPS) is 11.1. The first-order valence-electron chi connectivity index (χ1n) is 5.47. The summed E-state index contributed by atoms with van der Waals surface area (Å²) >= 11 is 0. The molecular weight excluding hydrogens is 228 g/mol. The number of benzene rings is 2. The van der Waals surface area contributed by atoms with Gasteiger partial charge in [0.2, 0.25) is 11.8 Å². The molecule has 0 unspecified atom stereocenters. The lowest BCUT2D eigenvalue weighted by atomic mass is 9.94. The summed E-state index contributed by atoms with van der Waals surface area (Å²) in [4.78, 5) is 23.0. The molecule has 0 radical (unpaired) electrons. The Morgan fingerprint density at radius 2 is 1.61 bits per heavy atom. The van der Waals surface area contributed by atoms with E-state index in [0.717, 1.165) is 16.7 Å². The van der Waals surface area contributed by atoms with Crippen LogP contribution in [0.25, 0.3) is 22.3 Å². The zero-order valence-electron chi connectivity index (χ0n) is 9.44. The first-order valence-corrected chi connectivity index (χ1v) is 5.47. The number of rotatable bonds is 2. The molecule has 88 valence electrons. The molecule has 2 amide bonds. The van der Waals surface area contributed by atoms with Gasteiger partial charge in [-0.3, -0.25) is 9.59 Å². The van der Waals surface area contributed by atoms with Crippen molar-refractivity contribution in [2.75, 3.05) is 0 Å². The van der Waals surface area contributed by atoms with Crippen LogP contribution in [0, 0.1) is 0 Å². The molecule has 1 aliphatic carbocycles. The Morgan fingerprint density at radius 1 is 0.889 bits per heavy atom. The van der Waals surface area contributed by atoms with Crippen LogP contribution >= 0.6 is 0 Å². The highest BCUT2D eigenvalue weighted by molar-refractivity contribution is 6.14. The summed E-state index contributed by atoms with van der Waals surface area (Å²) < 4.78 is 0. The Hall–Kier alpha value is -2.62. The number of hydrogen-bond donors (Lipinski definition) is 2. The van der Waals surface area contributed by atoms with E-state index in [1.54, 1.807) is 12.1 Å². The van der Waals surface area contributed by atoms with E-state index in [-0.39, 0.29) is 11.1 Å².